The third-order valence-electron chi connectivity index (χ3n) is 3.00. The van der Waals surface area contributed by atoms with Gasteiger partial charge in [0, 0.05) is 23.5 Å². The van der Waals surface area contributed by atoms with Crippen molar-refractivity contribution in [2.24, 2.45) is 0 Å². The van der Waals surface area contributed by atoms with Crippen LogP contribution in [0.5, 0.6) is 0 Å². The maximum absolute atomic E-state index is 11.0. The van der Waals surface area contributed by atoms with Crippen LogP contribution in [0.15, 0.2) is 48.5 Å². The van der Waals surface area contributed by atoms with E-state index in [-0.39, 0.29) is 14.4 Å². The van der Waals surface area contributed by atoms with E-state index in [9.17, 15) is 4.57 Å². The quantitative estimate of drug-likeness (QED) is 0.653. The van der Waals surface area contributed by atoms with Gasteiger partial charge in [-0.3, -0.25) is 4.57 Å². The Bertz CT molecular complexity index is 511. The lowest BCUT2D eigenvalue weighted by atomic mass is 9.90. The van der Waals surface area contributed by atoms with Crippen LogP contribution in [0.4, 0.5) is 11.4 Å². The SMILES string of the molecule is Nc1ccccc1C(CP=O)c1ccccc1N. The number of hydrogen-bond acceptors (Lipinski definition) is 3. The van der Waals surface area contributed by atoms with Crippen molar-refractivity contribution >= 4 is 19.8 Å². The van der Waals surface area contributed by atoms with Gasteiger partial charge in [0.15, 0.2) is 8.46 Å². The third-order valence-corrected chi connectivity index (χ3v) is 3.51. The highest BCUT2D eigenvalue weighted by Crippen LogP contribution is 2.34. The number of benzene rings is 2. The van der Waals surface area contributed by atoms with Crippen LogP contribution in [0, 0.1) is 0 Å². The molecule has 0 spiro atoms. The molecular weight excluding hydrogens is 243 g/mol. The molecule has 0 amide bonds. The van der Waals surface area contributed by atoms with Gasteiger partial charge in [-0.05, 0) is 23.3 Å². The Balaban J connectivity index is 2.50. The first-order valence-electron chi connectivity index (χ1n) is 5.72. The van der Waals surface area contributed by atoms with Gasteiger partial charge < -0.3 is 11.5 Å². The van der Waals surface area contributed by atoms with Crippen LogP contribution < -0.4 is 11.5 Å². The number of nitrogen functional groups attached to an aromatic ring is 2. The second kappa shape index (κ2) is 5.65. The van der Waals surface area contributed by atoms with E-state index in [4.69, 9.17) is 11.5 Å². The monoisotopic (exact) mass is 258 g/mol. The van der Waals surface area contributed by atoms with Crippen LogP contribution in [-0.2, 0) is 4.57 Å². The van der Waals surface area contributed by atoms with E-state index in [0.29, 0.717) is 17.5 Å². The van der Waals surface area contributed by atoms with Gasteiger partial charge in [0.2, 0.25) is 0 Å². The molecule has 0 saturated carbocycles. The van der Waals surface area contributed by atoms with Crippen LogP contribution in [0.25, 0.3) is 0 Å². The Labute approximate surface area is 108 Å². The fourth-order valence-electron chi connectivity index (χ4n) is 2.10. The smallest absolute Gasteiger partial charge is 0.156 e. The van der Waals surface area contributed by atoms with Crippen molar-refractivity contribution in [3.8, 4) is 0 Å². The molecule has 0 bridgehead atoms. The minimum absolute atomic E-state index is 0.0356. The lowest BCUT2D eigenvalue weighted by Gasteiger charge is -2.18. The summed E-state index contributed by atoms with van der Waals surface area (Å²) in [6.45, 7) is 0. The predicted molar refractivity (Wildman–Crippen MR) is 76.0 cm³/mol. The molecule has 4 heteroatoms. The van der Waals surface area contributed by atoms with Crippen LogP contribution >= 0.6 is 8.46 Å². The molecule has 0 unspecified atom stereocenters. The Morgan fingerprint density at radius 2 is 1.33 bits per heavy atom. The summed E-state index contributed by atoms with van der Waals surface area (Å²) in [5, 5.41) is 0. The number of hydrogen-bond donors (Lipinski definition) is 2. The van der Waals surface area contributed by atoms with Crippen molar-refractivity contribution in [2.75, 3.05) is 17.6 Å². The number of nitrogens with two attached hydrogens (primary N) is 2. The maximum Gasteiger partial charge on any atom is 0.156 e. The molecule has 92 valence electrons. The first-order chi connectivity index (χ1) is 8.74. The molecule has 4 N–H and O–H groups in total. The molecule has 2 rings (SSSR count). The highest BCUT2D eigenvalue weighted by molar-refractivity contribution is 7.23. The second-order valence-corrected chi connectivity index (χ2v) is 4.75. The van der Waals surface area contributed by atoms with E-state index in [1.807, 2.05) is 48.5 Å². The average Bonchev–Trinajstić information content (AvgIpc) is 2.38. The van der Waals surface area contributed by atoms with E-state index < -0.39 is 0 Å². The zero-order valence-corrected chi connectivity index (χ0v) is 10.8. The molecule has 0 aromatic heterocycles. The summed E-state index contributed by atoms with van der Waals surface area (Å²) in [5.74, 6) is -0.0356. The van der Waals surface area contributed by atoms with E-state index in [1.54, 1.807) is 0 Å². The summed E-state index contributed by atoms with van der Waals surface area (Å²) in [6, 6.07) is 15.2. The first kappa shape index (κ1) is 12.6. The normalized spacial score (nSPS) is 10.9. The molecule has 18 heavy (non-hydrogen) atoms. The van der Waals surface area contributed by atoms with Crippen molar-refractivity contribution < 1.29 is 4.57 Å². The van der Waals surface area contributed by atoms with Crippen molar-refractivity contribution in [3.63, 3.8) is 0 Å². The molecule has 2 aromatic carbocycles. The number of anilines is 2. The van der Waals surface area contributed by atoms with Gasteiger partial charge >= 0.3 is 0 Å². The van der Waals surface area contributed by atoms with Crippen molar-refractivity contribution in [3.05, 3.63) is 59.7 Å². The van der Waals surface area contributed by atoms with Gasteiger partial charge in [0.05, 0.1) is 0 Å². The zero-order chi connectivity index (χ0) is 13.0. The zero-order valence-electron chi connectivity index (χ0n) is 9.91. The van der Waals surface area contributed by atoms with Crippen LogP contribution in [0.3, 0.4) is 0 Å². The topological polar surface area (TPSA) is 69.1 Å². The van der Waals surface area contributed by atoms with Gasteiger partial charge in [-0.25, -0.2) is 0 Å². The van der Waals surface area contributed by atoms with Crippen molar-refractivity contribution in [1.29, 1.82) is 0 Å². The molecule has 0 radical (unpaired) electrons. The Morgan fingerprint density at radius 3 is 1.72 bits per heavy atom. The first-order valence-corrected chi connectivity index (χ1v) is 6.71. The summed E-state index contributed by atoms with van der Waals surface area (Å²) in [5.41, 5.74) is 15.3. The van der Waals surface area contributed by atoms with Gasteiger partial charge in [-0.1, -0.05) is 36.4 Å². The molecule has 0 aliphatic rings. The number of para-hydroxylation sites is 2. The fourth-order valence-corrected chi connectivity index (χ4v) is 2.64. The van der Waals surface area contributed by atoms with Crippen molar-refractivity contribution in [1.82, 2.24) is 0 Å². The van der Waals surface area contributed by atoms with Crippen molar-refractivity contribution in [2.45, 2.75) is 5.92 Å². The predicted octanol–water partition coefficient (Wildman–Crippen LogP) is 3.27. The summed E-state index contributed by atoms with van der Waals surface area (Å²) < 4.78 is 11.0. The Morgan fingerprint density at radius 1 is 0.889 bits per heavy atom. The standard InChI is InChI=1S/C14H15N2OP/c15-13-7-3-1-5-10(13)12(9-18-17)11-6-2-4-8-14(11)16/h1-8,12H,9,15-16H2. The van der Waals surface area contributed by atoms with E-state index in [0.717, 1.165) is 11.1 Å². The Kier molecular flexibility index (Phi) is 3.96. The molecule has 2 aromatic rings. The second-order valence-electron chi connectivity index (χ2n) is 4.12. The van der Waals surface area contributed by atoms with Gasteiger partial charge in [0.25, 0.3) is 0 Å². The summed E-state index contributed by atoms with van der Waals surface area (Å²) in [4.78, 5) is 0. The Hall–Kier alpha value is -1.86. The summed E-state index contributed by atoms with van der Waals surface area (Å²) in [6.07, 6.45) is 0.475. The number of rotatable bonds is 4. The van der Waals surface area contributed by atoms with E-state index in [2.05, 4.69) is 0 Å². The summed E-state index contributed by atoms with van der Waals surface area (Å²) in [7, 11) is 0.0882. The van der Waals surface area contributed by atoms with Gasteiger partial charge in [-0.15, -0.1) is 0 Å². The van der Waals surface area contributed by atoms with Gasteiger partial charge in [0.1, 0.15) is 0 Å². The highest BCUT2D eigenvalue weighted by atomic mass is 31.1. The largest absolute Gasteiger partial charge is 0.398 e. The minimum atomic E-state index is -0.0356. The fraction of sp³-hybridized carbons (Fsp3) is 0.143. The average molecular weight is 258 g/mol. The molecule has 3 nitrogen and oxygen atoms in total. The highest BCUT2D eigenvalue weighted by Gasteiger charge is 2.18. The van der Waals surface area contributed by atoms with Crippen LogP contribution in [0.2, 0.25) is 0 Å². The van der Waals surface area contributed by atoms with E-state index >= 15 is 0 Å². The lowest BCUT2D eigenvalue weighted by molar-refractivity contribution is 0.597. The maximum atomic E-state index is 11.0. The molecule has 0 heterocycles. The molecule has 0 fully saturated rings. The molecule has 0 aliphatic carbocycles. The molecule has 0 saturated heterocycles. The lowest BCUT2D eigenvalue weighted by Crippen LogP contribution is -2.08. The third kappa shape index (κ3) is 2.52. The van der Waals surface area contributed by atoms with E-state index in [1.165, 1.54) is 0 Å². The van der Waals surface area contributed by atoms with Crippen LogP contribution in [0.1, 0.15) is 17.0 Å². The van der Waals surface area contributed by atoms with Crippen LogP contribution in [-0.4, -0.2) is 6.16 Å². The minimum Gasteiger partial charge on any atom is -0.398 e. The van der Waals surface area contributed by atoms with Gasteiger partial charge in [-0.2, -0.15) is 0 Å². The summed E-state index contributed by atoms with van der Waals surface area (Å²) >= 11 is 0. The molecule has 0 aliphatic heterocycles. The molecule has 0 atom stereocenters. The molecular formula is C14H15N2OP.